The predicted molar refractivity (Wildman–Crippen MR) is 124 cm³/mol. The van der Waals surface area contributed by atoms with Crippen molar-refractivity contribution < 1.29 is 4.79 Å². The normalized spacial score (nSPS) is 23.4. The Labute approximate surface area is 177 Å². The van der Waals surface area contributed by atoms with E-state index >= 15 is 0 Å². The second-order valence-corrected chi connectivity index (χ2v) is 9.59. The summed E-state index contributed by atoms with van der Waals surface area (Å²) in [5, 5.41) is 3.51. The van der Waals surface area contributed by atoms with Crippen LogP contribution < -0.4 is 10.2 Å². The van der Waals surface area contributed by atoms with Gasteiger partial charge in [-0.2, -0.15) is 0 Å². The van der Waals surface area contributed by atoms with Crippen LogP contribution in [0.3, 0.4) is 0 Å². The third-order valence-corrected chi connectivity index (χ3v) is 6.85. The summed E-state index contributed by atoms with van der Waals surface area (Å²) in [6, 6.07) is 14.4. The maximum absolute atomic E-state index is 12.5. The quantitative estimate of drug-likeness (QED) is 0.661. The molecule has 0 saturated carbocycles. The summed E-state index contributed by atoms with van der Waals surface area (Å²) in [5.41, 5.74) is 5.79. The molecule has 1 N–H and O–H groups in total. The van der Waals surface area contributed by atoms with Gasteiger partial charge in [-0.15, -0.1) is 0 Å². The molecule has 1 atom stereocenters. The number of amidine groups is 1. The van der Waals surface area contributed by atoms with Crippen LogP contribution in [0.2, 0.25) is 0 Å². The van der Waals surface area contributed by atoms with Crippen molar-refractivity contribution in [3.05, 3.63) is 64.1 Å². The number of rotatable bonds is 2. The van der Waals surface area contributed by atoms with Gasteiger partial charge >= 0.3 is 0 Å². The van der Waals surface area contributed by atoms with E-state index in [1.807, 2.05) is 37.3 Å². The van der Waals surface area contributed by atoms with E-state index in [-0.39, 0.29) is 11.4 Å². The number of nitrogens with zero attached hydrogens (tertiary/aromatic N) is 2. The first-order chi connectivity index (χ1) is 13.7. The fourth-order valence-electron chi connectivity index (χ4n) is 4.12. The van der Waals surface area contributed by atoms with Crippen LogP contribution in [0.1, 0.15) is 49.8 Å². The van der Waals surface area contributed by atoms with Gasteiger partial charge in [0.25, 0.3) is 5.91 Å². The van der Waals surface area contributed by atoms with Gasteiger partial charge in [-0.05, 0) is 85.8 Å². The number of aryl methyl sites for hydroxylation is 1. The summed E-state index contributed by atoms with van der Waals surface area (Å²) < 4.78 is 0. The zero-order chi connectivity index (χ0) is 20.8. The second kappa shape index (κ2) is 7.38. The molecule has 150 valence electrons. The van der Waals surface area contributed by atoms with Crippen molar-refractivity contribution >= 4 is 40.3 Å². The predicted octanol–water partition coefficient (Wildman–Crippen LogP) is 5.61. The fraction of sp³-hybridized carbons (Fsp3) is 0.333. The Balaban J connectivity index is 1.61. The summed E-state index contributed by atoms with van der Waals surface area (Å²) in [4.78, 5) is 20.1. The Bertz CT molecular complexity index is 1040. The van der Waals surface area contributed by atoms with Gasteiger partial charge in [-0.1, -0.05) is 31.2 Å². The highest BCUT2D eigenvalue weighted by Gasteiger charge is 2.34. The van der Waals surface area contributed by atoms with E-state index in [2.05, 4.69) is 61.2 Å². The fourth-order valence-corrected chi connectivity index (χ4v) is 4.95. The van der Waals surface area contributed by atoms with Crippen molar-refractivity contribution in [2.24, 2.45) is 4.99 Å². The molecule has 4 nitrogen and oxygen atoms in total. The van der Waals surface area contributed by atoms with Crippen molar-refractivity contribution in [3.8, 4) is 0 Å². The Morgan fingerprint density at radius 2 is 2.00 bits per heavy atom. The zero-order valence-electron chi connectivity index (χ0n) is 17.6. The van der Waals surface area contributed by atoms with Crippen LogP contribution in [-0.2, 0) is 4.79 Å². The smallest absolute Gasteiger partial charge is 0.264 e. The van der Waals surface area contributed by atoms with Crippen LogP contribution in [0.15, 0.2) is 52.4 Å². The molecule has 0 radical (unpaired) electrons. The summed E-state index contributed by atoms with van der Waals surface area (Å²) in [7, 11) is 2.16. The number of nitrogens with one attached hydrogen (secondary N) is 1. The van der Waals surface area contributed by atoms with Crippen molar-refractivity contribution in [3.63, 3.8) is 0 Å². The molecule has 1 saturated heterocycles. The first-order valence-corrected chi connectivity index (χ1v) is 10.8. The van der Waals surface area contributed by atoms with Crippen molar-refractivity contribution in [2.75, 3.05) is 11.9 Å². The average Bonchev–Trinajstić information content (AvgIpc) is 3.00. The first-order valence-electron chi connectivity index (χ1n) is 9.97. The van der Waals surface area contributed by atoms with Gasteiger partial charge in [-0.25, -0.2) is 4.99 Å². The van der Waals surface area contributed by atoms with E-state index < -0.39 is 0 Å². The van der Waals surface area contributed by atoms with Gasteiger partial charge in [0.15, 0.2) is 5.17 Å². The van der Waals surface area contributed by atoms with Crippen LogP contribution in [0, 0.1) is 6.92 Å². The molecule has 1 fully saturated rings. The minimum absolute atomic E-state index is 0.0913. The number of benzene rings is 2. The monoisotopic (exact) mass is 405 g/mol. The number of carbonyl (C=O) groups excluding carboxylic acids is 1. The summed E-state index contributed by atoms with van der Waals surface area (Å²) in [6.45, 7) is 8.88. The molecule has 2 aliphatic heterocycles. The number of aliphatic imine (C=N–C) groups is 1. The molecule has 0 unspecified atom stereocenters. The van der Waals surface area contributed by atoms with E-state index in [0.717, 1.165) is 23.2 Å². The van der Waals surface area contributed by atoms with E-state index in [1.54, 1.807) is 0 Å². The molecule has 0 spiro atoms. The standard InChI is InChI=1S/C24H27N3OS/c1-15-8-6-7-9-19(15)25-23-26-22(28)21(29-23)13-17-10-11-20-18(12-17)16(2)14-24(3,4)27(20)5/h6-13,16H,14H2,1-5H3,(H,25,26,28)/b21-13-/t16-/m1/s1. The largest absolute Gasteiger partial charge is 0.369 e. The number of hydrogen-bond acceptors (Lipinski definition) is 4. The molecule has 0 aliphatic carbocycles. The average molecular weight is 406 g/mol. The van der Waals surface area contributed by atoms with Gasteiger partial charge in [0.2, 0.25) is 0 Å². The topological polar surface area (TPSA) is 44.7 Å². The number of thioether (sulfide) groups is 1. The molecular formula is C24H27N3OS. The van der Waals surface area contributed by atoms with E-state index in [0.29, 0.717) is 16.0 Å². The number of para-hydroxylation sites is 1. The number of anilines is 1. The number of carbonyl (C=O) groups is 1. The van der Waals surface area contributed by atoms with Crippen molar-refractivity contribution in [1.82, 2.24) is 5.32 Å². The van der Waals surface area contributed by atoms with Crippen molar-refractivity contribution in [1.29, 1.82) is 0 Å². The number of hydrogen-bond donors (Lipinski definition) is 1. The lowest BCUT2D eigenvalue weighted by atomic mass is 9.80. The van der Waals surface area contributed by atoms with Crippen molar-refractivity contribution in [2.45, 2.75) is 45.6 Å². The molecule has 1 amide bonds. The molecule has 4 rings (SSSR count). The minimum Gasteiger partial charge on any atom is -0.369 e. The zero-order valence-corrected chi connectivity index (χ0v) is 18.4. The molecule has 0 bridgehead atoms. The summed E-state index contributed by atoms with van der Waals surface area (Å²) in [5.74, 6) is 0.393. The highest BCUT2D eigenvalue weighted by molar-refractivity contribution is 8.18. The maximum Gasteiger partial charge on any atom is 0.264 e. The highest BCUT2D eigenvalue weighted by atomic mass is 32.2. The van der Waals surface area contributed by atoms with Crippen LogP contribution in [0.5, 0.6) is 0 Å². The Hall–Kier alpha value is -2.53. The van der Waals surface area contributed by atoms with Crippen LogP contribution in [0.4, 0.5) is 11.4 Å². The lowest BCUT2D eigenvalue weighted by molar-refractivity contribution is -0.115. The Kier molecular flexibility index (Phi) is 5.03. The first kappa shape index (κ1) is 19.8. The van der Waals surface area contributed by atoms with Gasteiger partial charge in [0.05, 0.1) is 10.6 Å². The van der Waals surface area contributed by atoms with Gasteiger partial charge < -0.3 is 10.2 Å². The summed E-state index contributed by atoms with van der Waals surface area (Å²) in [6.07, 6.45) is 3.08. The van der Waals surface area contributed by atoms with E-state index in [1.165, 1.54) is 23.0 Å². The lowest BCUT2D eigenvalue weighted by Gasteiger charge is -2.45. The third-order valence-electron chi connectivity index (χ3n) is 5.94. The molecule has 29 heavy (non-hydrogen) atoms. The van der Waals surface area contributed by atoms with Gasteiger partial charge in [0.1, 0.15) is 0 Å². The number of fused-ring (bicyclic) bond motifs is 1. The van der Waals surface area contributed by atoms with Crippen LogP contribution >= 0.6 is 11.8 Å². The third kappa shape index (κ3) is 3.84. The molecule has 5 heteroatoms. The molecule has 2 aliphatic rings. The molecular weight excluding hydrogens is 378 g/mol. The molecule has 2 aromatic rings. The molecule has 0 aromatic heterocycles. The maximum atomic E-state index is 12.5. The Morgan fingerprint density at radius 1 is 1.24 bits per heavy atom. The number of amides is 1. The Morgan fingerprint density at radius 3 is 2.76 bits per heavy atom. The second-order valence-electron chi connectivity index (χ2n) is 8.56. The SMILES string of the molecule is Cc1ccccc1N=C1NC(=O)/C(=C/c2ccc3c(c2)[C@H](C)CC(C)(C)N3C)S1. The van der Waals surface area contributed by atoms with E-state index in [4.69, 9.17) is 0 Å². The highest BCUT2D eigenvalue weighted by Crippen LogP contribution is 2.43. The molecule has 2 aromatic carbocycles. The summed E-state index contributed by atoms with van der Waals surface area (Å²) >= 11 is 1.40. The van der Waals surface area contributed by atoms with Crippen LogP contribution in [-0.4, -0.2) is 23.7 Å². The van der Waals surface area contributed by atoms with Crippen LogP contribution in [0.25, 0.3) is 6.08 Å². The minimum atomic E-state index is -0.0913. The van der Waals surface area contributed by atoms with E-state index in [9.17, 15) is 4.79 Å². The van der Waals surface area contributed by atoms with Gasteiger partial charge in [-0.3, -0.25) is 4.79 Å². The molecule has 2 heterocycles. The lowest BCUT2D eigenvalue weighted by Crippen LogP contribution is -2.45. The van der Waals surface area contributed by atoms with Gasteiger partial charge in [0, 0.05) is 18.3 Å².